The summed E-state index contributed by atoms with van der Waals surface area (Å²) in [4.78, 5) is 23.4. The minimum atomic E-state index is -0.892. The smallest absolute Gasteiger partial charge is 0.308 e. The maximum Gasteiger partial charge on any atom is 0.308 e. The zero-order valence-electron chi connectivity index (χ0n) is 10.8. The van der Waals surface area contributed by atoms with E-state index in [1.807, 2.05) is 13.0 Å². The minimum absolute atomic E-state index is 0.0808. The number of rotatable bonds is 3. The van der Waals surface area contributed by atoms with E-state index in [0.29, 0.717) is 12.2 Å². The maximum atomic E-state index is 11.1. The zero-order valence-corrected chi connectivity index (χ0v) is 10.8. The van der Waals surface area contributed by atoms with Crippen molar-refractivity contribution in [3.05, 3.63) is 33.9 Å². The molecule has 1 heterocycles. The molecule has 0 spiro atoms. The molecular weight excluding hydrogens is 262 g/mol. The van der Waals surface area contributed by atoms with Gasteiger partial charge in [0.15, 0.2) is 0 Å². The Hall–Kier alpha value is -2.62. The van der Waals surface area contributed by atoms with Gasteiger partial charge in [-0.05, 0) is 18.1 Å². The number of hydrogen-bond acceptors (Lipinski definition) is 5. The Kier molecular flexibility index (Phi) is 3.57. The molecule has 0 bridgehead atoms. The molecule has 1 saturated heterocycles. The molecule has 0 aromatic heterocycles. The molecule has 2 atom stereocenters. The first-order valence-corrected chi connectivity index (χ1v) is 6.10. The number of carbonyl (C=O) groups is 1. The Labute approximate surface area is 115 Å². The van der Waals surface area contributed by atoms with Crippen molar-refractivity contribution in [2.75, 3.05) is 18.0 Å². The summed E-state index contributed by atoms with van der Waals surface area (Å²) >= 11 is 0. The molecule has 1 aromatic rings. The lowest BCUT2D eigenvalue weighted by Crippen LogP contribution is -2.23. The van der Waals surface area contributed by atoms with Crippen LogP contribution in [-0.2, 0) is 4.79 Å². The number of benzene rings is 1. The zero-order chi connectivity index (χ0) is 14.9. The second-order valence-electron chi connectivity index (χ2n) is 4.90. The van der Waals surface area contributed by atoms with Crippen LogP contribution >= 0.6 is 0 Å². The second kappa shape index (κ2) is 5.17. The van der Waals surface area contributed by atoms with Gasteiger partial charge in [-0.1, -0.05) is 6.92 Å². The summed E-state index contributed by atoms with van der Waals surface area (Å²) in [6, 6.07) is 6.08. The van der Waals surface area contributed by atoms with E-state index in [0.717, 1.165) is 0 Å². The summed E-state index contributed by atoms with van der Waals surface area (Å²) in [5.41, 5.74) is 0.411. The molecule has 7 heteroatoms. The number of carboxylic acids is 1. The first-order valence-electron chi connectivity index (χ1n) is 6.10. The SMILES string of the molecule is C[C@@H]1CN(c2ccc(C#N)cc2[N+](=O)[O-])C[C@H]1C(=O)O. The van der Waals surface area contributed by atoms with Crippen molar-refractivity contribution in [2.45, 2.75) is 6.92 Å². The summed E-state index contributed by atoms with van der Waals surface area (Å²) in [7, 11) is 0. The monoisotopic (exact) mass is 275 g/mol. The lowest BCUT2D eigenvalue weighted by molar-refractivity contribution is -0.384. The van der Waals surface area contributed by atoms with E-state index in [1.54, 1.807) is 4.90 Å². The molecule has 0 aliphatic carbocycles. The van der Waals surface area contributed by atoms with Crippen LogP contribution in [0.1, 0.15) is 12.5 Å². The predicted molar refractivity (Wildman–Crippen MR) is 70.3 cm³/mol. The van der Waals surface area contributed by atoms with E-state index < -0.39 is 16.8 Å². The van der Waals surface area contributed by atoms with Gasteiger partial charge in [0.05, 0.1) is 22.5 Å². The van der Waals surface area contributed by atoms with E-state index in [2.05, 4.69) is 0 Å². The number of aliphatic carboxylic acids is 1. The van der Waals surface area contributed by atoms with Gasteiger partial charge in [-0.25, -0.2) is 0 Å². The number of nitro benzene ring substituents is 1. The van der Waals surface area contributed by atoms with Crippen molar-refractivity contribution in [1.29, 1.82) is 5.26 Å². The fraction of sp³-hybridized carbons (Fsp3) is 0.385. The van der Waals surface area contributed by atoms with Crippen molar-refractivity contribution in [3.8, 4) is 6.07 Å². The Bertz CT molecular complexity index is 608. The molecule has 7 nitrogen and oxygen atoms in total. The highest BCUT2D eigenvalue weighted by Gasteiger charge is 2.36. The number of nitriles is 1. The third-order valence-corrected chi connectivity index (χ3v) is 3.57. The van der Waals surface area contributed by atoms with Crippen LogP contribution in [0.3, 0.4) is 0 Å². The van der Waals surface area contributed by atoms with Gasteiger partial charge in [0.25, 0.3) is 5.69 Å². The largest absolute Gasteiger partial charge is 0.481 e. The lowest BCUT2D eigenvalue weighted by atomic mass is 9.99. The Morgan fingerprint density at radius 2 is 2.25 bits per heavy atom. The molecule has 2 rings (SSSR count). The van der Waals surface area contributed by atoms with Crippen LogP contribution in [0.25, 0.3) is 0 Å². The molecule has 0 radical (unpaired) electrons. The van der Waals surface area contributed by atoms with Crippen molar-refractivity contribution in [1.82, 2.24) is 0 Å². The standard InChI is InChI=1S/C13H13N3O4/c1-8-6-15(7-10(8)13(17)18)11-3-2-9(5-14)4-12(11)16(19)20/h2-4,8,10H,6-7H2,1H3,(H,17,18)/t8-,10-/m1/s1. The summed E-state index contributed by atoms with van der Waals surface area (Å²) < 4.78 is 0. The van der Waals surface area contributed by atoms with E-state index in [9.17, 15) is 14.9 Å². The molecule has 1 N–H and O–H groups in total. The molecule has 0 amide bonds. The van der Waals surface area contributed by atoms with Crippen molar-refractivity contribution in [2.24, 2.45) is 11.8 Å². The van der Waals surface area contributed by atoms with Crippen LogP contribution in [0.2, 0.25) is 0 Å². The summed E-state index contributed by atoms with van der Waals surface area (Å²) in [6.07, 6.45) is 0. The van der Waals surface area contributed by atoms with Crippen LogP contribution in [0, 0.1) is 33.3 Å². The maximum absolute atomic E-state index is 11.1. The van der Waals surface area contributed by atoms with Crippen LogP contribution in [0.5, 0.6) is 0 Å². The van der Waals surface area contributed by atoms with Gasteiger partial charge in [0, 0.05) is 19.2 Å². The van der Waals surface area contributed by atoms with Crippen molar-refractivity contribution >= 4 is 17.3 Å². The molecule has 1 aliphatic rings. The third-order valence-electron chi connectivity index (χ3n) is 3.57. The molecule has 0 unspecified atom stereocenters. The van der Waals surface area contributed by atoms with Crippen LogP contribution in [0.4, 0.5) is 11.4 Å². The summed E-state index contributed by atoms with van der Waals surface area (Å²) in [5, 5.41) is 29.0. The molecule has 104 valence electrons. The van der Waals surface area contributed by atoms with Crippen LogP contribution < -0.4 is 4.90 Å². The molecule has 1 aromatic carbocycles. The van der Waals surface area contributed by atoms with E-state index in [4.69, 9.17) is 10.4 Å². The lowest BCUT2D eigenvalue weighted by Gasteiger charge is -2.18. The van der Waals surface area contributed by atoms with Gasteiger partial charge in [0.1, 0.15) is 5.69 Å². The van der Waals surface area contributed by atoms with Gasteiger partial charge < -0.3 is 10.0 Å². The van der Waals surface area contributed by atoms with Crippen LogP contribution in [0.15, 0.2) is 18.2 Å². The highest BCUT2D eigenvalue weighted by molar-refractivity contribution is 5.74. The van der Waals surface area contributed by atoms with E-state index >= 15 is 0 Å². The van der Waals surface area contributed by atoms with Crippen molar-refractivity contribution in [3.63, 3.8) is 0 Å². The topological polar surface area (TPSA) is 107 Å². The molecule has 0 saturated carbocycles. The predicted octanol–water partition coefficient (Wildman–Crippen LogP) is 1.62. The third kappa shape index (κ3) is 2.40. The fourth-order valence-electron chi connectivity index (χ4n) is 2.49. The first-order chi connectivity index (χ1) is 9.43. The normalized spacial score (nSPS) is 21.5. The Balaban J connectivity index is 2.37. The summed E-state index contributed by atoms with van der Waals surface area (Å²) in [6.45, 7) is 2.50. The highest BCUT2D eigenvalue weighted by Crippen LogP contribution is 2.34. The Morgan fingerprint density at radius 1 is 1.55 bits per heavy atom. The number of hydrogen-bond donors (Lipinski definition) is 1. The molecule has 1 aliphatic heterocycles. The molecule has 1 fully saturated rings. The highest BCUT2D eigenvalue weighted by atomic mass is 16.6. The van der Waals surface area contributed by atoms with Gasteiger partial charge in [-0.3, -0.25) is 14.9 Å². The minimum Gasteiger partial charge on any atom is -0.481 e. The van der Waals surface area contributed by atoms with Crippen LogP contribution in [-0.4, -0.2) is 29.1 Å². The second-order valence-corrected chi connectivity index (χ2v) is 4.90. The number of carboxylic acid groups (broad SMARTS) is 1. The molecular formula is C13H13N3O4. The number of nitrogens with zero attached hydrogens (tertiary/aromatic N) is 3. The Morgan fingerprint density at radius 3 is 2.75 bits per heavy atom. The number of nitro groups is 1. The molecule has 20 heavy (non-hydrogen) atoms. The number of anilines is 1. The first kappa shape index (κ1) is 13.8. The van der Waals surface area contributed by atoms with Gasteiger partial charge in [0.2, 0.25) is 0 Å². The summed E-state index contributed by atoms with van der Waals surface area (Å²) in [5.74, 6) is -1.51. The fourth-order valence-corrected chi connectivity index (χ4v) is 2.49. The van der Waals surface area contributed by atoms with Gasteiger partial charge in [-0.15, -0.1) is 0 Å². The average molecular weight is 275 g/mol. The quantitative estimate of drug-likeness (QED) is 0.663. The average Bonchev–Trinajstić information content (AvgIpc) is 2.80. The van der Waals surface area contributed by atoms with E-state index in [-0.39, 0.29) is 23.7 Å². The van der Waals surface area contributed by atoms with Gasteiger partial charge >= 0.3 is 5.97 Å². The van der Waals surface area contributed by atoms with E-state index in [1.165, 1.54) is 18.2 Å². The van der Waals surface area contributed by atoms with Gasteiger partial charge in [-0.2, -0.15) is 5.26 Å². The van der Waals surface area contributed by atoms with Crippen molar-refractivity contribution < 1.29 is 14.8 Å².